The number of benzene rings is 2. The number of pyridine rings is 1. The largest absolute Gasteiger partial charge is 0.492 e. The SMILES string of the molecule is CC1(C)OB(C(=Cc2cnc(Cl)cc2N)CNC(=O)OCC2c3ccccc3-c3ccccc32)OC1(C)C. The van der Waals surface area contributed by atoms with Gasteiger partial charge < -0.3 is 25.1 Å². The molecule has 0 bridgehead atoms. The second-order valence-corrected chi connectivity index (χ2v) is 11.0. The summed E-state index contributed by atoms with van der Waals surface area (Å²) in [6.07, 6.45) is 2.86. The molecule has 196 valence electrons. The zero-order chi connectivity index (χ0) is 27.1. The maximum absolute atomic E-state index is 12.9. The van der Waals surface area contributed by atoms with Gasteiger partial charge in [0.2, 0.25) is 0 Å². The van der Waals surface area contributed by atoms with E-state index < -0.39 is 24.4 Å². The monoisotopic (exact) mass is 531 g/mol. The van der Waals surface area contributed by atoms with Crippen LogP contribution in [-0.2, 0) is 14.0 Å². The number of amides is 1. The third-order valence-electron chi connectivity index (χ3n) is 7.61. The van der Waals surface area contributed by atoms with E-state index in [1.165, 1.54) is 11.1 Å². The van der Waals surface area contributed by atoms with Crippen LogP contribution in [0, 0.1) is 0 Å². The number of carbonyl (C=O) groups excluding carboxylic acids is 1. The maximum Gasteiger partial charge on any atom is 0.492 e. The van der Waals surface area contributed by atoms with Crippen LogP contribution in [0.5, 0.6) is 0 Å². The van der Waals surface area contributed by atoms with Crippen molar-refractivity contribution in [1.82, 2.24) is 10.3 Å². The molecule has 1 saturated heterocycles. The average Bonchev–Trinajstić information content (AvgIpc) is 3.30. The van der Waals surface area contributed by atoms with Gasteiger partial charge in [0.05, 0.1) is 11.2 Å². The van der Waals surface area contributed by atoms with Gasteiger partial charge in [0.25, 0.3) is 0 Å². The second kappa shape index (κ2) is 10.1. The number of nitrogens with two attached hydrogens (primary N) is 1. The Kier molecular flexibility index (Phi) is 6.98. The van der Waals surface area contributed by atoms with Crippen molar-refractivity contribution in [1.29, 1.82) is 0 Å². The van der Waals surface area contributed by atoms with Crippen LogP contribution in [0.4, 0.5) is 10.5 Å². The highest BCUT2D eigenvalue weighted by molar-refractivity contribution is 6.56. The number of carbonyl (C=O) groups is 1. The highest BCUT2D eigenvalue weighted by atomic mass is 35.5. The van der Waals surface area contributed by atoms with E-state index in [0.717, 1.165) is 11.1 Å². The molecular formula is C29H31BClN3O4. The zero-order valence-corrected chi connectivity index (χ0v) is 22.7. The summed E-state index contributed by atoms with van der Waals surface area (Å²) in [6, 6.07) is 18.0. The molecule has 2 heterocycles. The molecule has 7 nitrogen and oxygen atoms in total. The molecule has 0 radical (unpaired) electrons. The van der Waals surface area contributed by atoms with Crippen LogP contribution in [0.3, 0.4) is 0 Å². The van der Waals surface area contributed by atoms with E-state index in [0.29, 0.717) is 21.9 Å². The number of aromatic nitrogens is 1. The molecule has 1 aliphatic carbocycles. The van der Waals surface area contributed by atoms with E-state index in [2.05, 4.69) is 34.6 Å². The summed E-state index contributed by atoms with van der Waals surface area (Å²) < 4.78 is 18.2. The number of anilines is 1. The van der Waals surface area contributed by atoms with Crippen molar-refractivity contribution in [2.45, 2.75) is 44.8 Å². The van der Waals surface area contributed by atoms with Gasteiger partial charge in [-0.1, -0.05) is 66.2 Å². The van der Waals surface area contributed by atoms with Crippen molar-refractivity contribution in [3.63, 3.8) is 0 Å². The predicted octanol–water partition coefficient (Wildman–Crippen LogP) is 5.87. The third kappa shape index (κ3) is 5.04. The van der Waals surface area contributed by atoms with Crippen molar-refractivity contribution < 1.29 is 18.8 Å². The first-order chi connectivity index (χ1) is 18.1. The van der Waals surface area contributed by atoms with Crippen molar-refractivity contribution in [3.8, 4) is 11.1 Å². The quantitative estimate of drug-likeness (QED) is 0.305. The molecule has 1 amide bonds. The Morgan fingerprint density at radius 1 is 1.08 bits per heavy atom. The normalized spacial score (nSPS) is 17.7. The molecule has 5 rings (SSSR count). The van der Waals surface area contributed by atoms with Crippen molar-refractivity contribution >= 4 is 36.6 Å². The maximum atomic E-state index is 12.9. The van der Waals surface area contributed by atoms with Gasteiger partial charge in [0.15, 0.2) is 0 Å². The summed E-state index contributed by atoms with van der Waals surface area (Å²) in [4.78, 5) is 17.0. The molecule has 1 aromatic heterocycles. The Labute approximate surface area is 228 Å². The lowest BCUT2D eigenvalue weighted by Crippen LogP contribution is -2.41. The predicted molar refractivity (Wildman–Crippen MR) is 151 cm³/mol. The number of nitrogens with zero attached hydrogens (tertiary/aromatic N) is 1. The third-order valence-corrected chi connectivity index (χ3v) is 7.82. The first-order valence-electron chi connectivity index (χ1n) is 12.6. The number of nitrogen functional groups attached to an aromatic ring is 1. The smallest absolute Gasteiger partial charge is 0.449 e. The van der Waals surface area contributed by atoms with Gasteiger partial charge >= 0.3 is 13.2 Å². The summed E-state index contributed by atoms with van der Waals surface area (Å²) in [5.74, 6) is -0.0220. The van der Waals surface area contributed by atoms with Gasteiger partial charge in [-0.2, -0.15) is 0 Å². The van der Waals surface area contributed by atoms with Gasteiger partial charge in [0, 0.05) is 29.9 Å². The lowest BCUT2D eigenvalue weighted by molar-refractivity contribution is 0.00578. The number of hydrogen-bond acceptors (Lipinski definition) is 6. The fourth-order valence-corrected chi connectivity index (χ4v) is 4.96. The molecular weight excluding hydrogens is 501 g/mol. The van der Waals surface area contributed by atoms with Gasteiger partial charge in [0.1, 0.15) is 11.8 Å². The van der Waals surface area contributed by atoms with Crippen LogP contribution >= 0.6 is 11.6 Å². The minimum absolute atomic E-state index is 0.0220. The summed E-state index contributed by atoms with van der Waals surface area (Å²) in [5.41, 5.74) is 11.5. The molecule has 9 heteroatoms. The minimum atomic E-state index is -0.691. The van der Waals surface area contributed by atoms with Gasteiger partial charge in [-0.3, -0.25) is 0 Å². The number of hydrogen-bond donors (Lipinski definition) is 2. The number of halogens is 1. The van der Waals surface area contributed by atoms with Crippen molar-refractivity contribution in [3.05, 3.63) is 88.1 Å². The molecule has 2 aromatic carbocycles. The van der Waals surface area contributed by atoms with E-state index in [-0.39, 0.29) is 19.1 Å². The average molecular weight is 532 g/mol. The van der Waals surface area contributed by atoms with Gasteiger partial charge in [-0.25, -0.2) is 9.78 Å². The zero-order valence-electron chi connectivity index (χ0n) is 22.0. The summed E-state index contributed by atoms with van der Waals surface area (Å²) in [5, 5.41) is 3.16. The van der Waals surface area contributed by atoms with Crippen molar-refractivity contribution in [2.24, 2.45) is 0 Å². The molecule has 1 aliphatic heterocycles. The molecule has 1 fully saturated rings. The minimum Gasteiger partial charge on any atom is -0.449 e. The molecule has 0 saturated carbocycles. The van der Waals surface area contributed by atoms with E-state index in [9.17, 15) is 4.79 Å². The summed E-state index contributed by atoms with van der Waals surface area (Å²) in [7, 11) is -0.691. The standard InChI is InChI=1S/C29H31BClN3O4/c1-28(2)29(3,4)38-30(37-28)19(13-18-15-33-26(31)14-25(18)32)16-34-27(35)36-17-24-22-11-7-5-9-20(22)21-10-6-8-12-23(21)24/h5-15,24H,16-17H2,1-4H3,(H2,32,33)(H,34,35). The fraction of sp³-hybridized carbons (Fsp3) is 0.310. The van der Waals surface area contributed by atoms with Gasteiger partial charge in [-0.05, 0) is 61.5 Å². The molecule has 0 spiro atoms. The van der Waals surface area contributed by atoms with Crippen LogP contribution in [0.2, 0.25) is 5.15 Å². The summed E-state index contributed by atoms with van der Waals surface area (Å²) >= 11 is 5.98. The van der Waals surface area contributed by atoms with Gasteiger partial charge in [-0.15, -0.1) is 0 Å². The molecule has 0 atom stereocenters. The highest BCUT2D eigenvalue weighted by Gasteiger charge is 2.52. The number of rotatable bonds is 6. The van der Waals surface area contributed by atoms with Crippen LogP contribution in [0.1, 0.15) is 50.3 Å². The number of nitrogens with one attached hydrogen (secondary N) is 1. The first-order valence-corrected chi connectivity index (χ1v) is 13.0. The van der Waals surface area contributed by atoms with E-state index in [1.807, 2.05) is 58.0 Å². The Morgan fingerprint density at radius 2 is 1.66 bits per heavy atom. The Balaban J connectivity index is 1.31. The van der Waals surface area contributed by atoms with Crippen LogP contribution < -0.4 is 11.1 Å². The first kappa shape index (κ1) is 26.3. The number of fused-ring (bicyclic) bond motifs is 3. The number of alkyl carbamates (subject to hydrolysis) is 1. The van der Waals surface area contributed by atoms with Crippen LogP contribution in [0.25, 0.3) is 17.2 Å². The van der Waals surface area contributed by atoms with E-state index in [1.54, 1.807) is 12.3 Å². The summed E-state index contributed by atoms with van der Waals surface area (Å²) in [6.45, 7) is 8.26. The fourth-order valence-electron chi connectivity index (χ4n) is 4.80. The number of ether oxygens (including phenoxy) is 1. The Hall–Kier alpha value is -3.33. The lowest BCUT2D eigenvalue weighted by Gasteiger charge is -2.32. The Bertz CT molecular complexity index is 1350. The molecule has 3 N–H and O–H groups in total. The Morgan fingerprint density at radius 3 is 2.24 bits per heavy atom. The molecule has 2 aliphatic rings. The van der Waals surface area contributed by atoms with E-state index >= 15 is 0 Å². The van der Waals surface area contributed by atoms with Crippen LogP contribution in [0.15, 0.2) is 66.3 Å². The topological polar surface area (TPSA) is 95.7 Å². The van der Waals surface area contributed by atoms with Crippen molar-refractivity contribution in [2.75, 3.05) is 18.9 Å². The van der Waals surface area contributed by atoms with Crippen LogP contribution in [-0.4, -0.2) is 42.5 Å². The molecule has 3 aromatic rings. The highest BCUT2D eigenvalue weighted by Crippen LogP contribution is 2.44. The second-order valence-electron chi connectivity index (χ2n) is 10.6. The lowest BCUT2D eigenvalue weighted by atomic mass is 9.77. The molecule has 38 heavy (non-hydrogen) atoms. The van der Waals surface area contributed by atoms with E-state index in [4.69, 9.17) is 31.4 Å². The molecule has 0 unspecified atom stereocenters.